The third kappa shape index (κ3) is 6.67. The van der Waals surface area contributed by atoms with E-state index < -0.39 is 29.5 Å². The second-order valence-corrected chi connectivity index (χ2v) is 11.6. The molecule has 2 aromatic carbocycles. The third-order valence-electron chi connectivity index (χ3n) is 6.90. The zero-order valence-corrected chi connectivity index (χ0v) is 23.0. The SMILES string of the molecule is CC(C)(C)OC(=O)N1CC(C(=O)N(c2cccc(F)c2)C(C(=O)NC2CCCCC2)c2ccccc2S)C1. The number of hydrogen-bond acceptors (Lipinski definition) is 5. The van der Waals surface area contributed by atoms with E-state index in [0.29, 0.717) is 10.5 Å². The predicted octanol–water partition coefficient (Wildman–Crippen LogP) is 5.50. The van der Waals surface area contributed by atoms with Gasteiger partial charge in [0.1, 0.15) is 17.5 Å². The Hall–Kier alpha value is -3.07. The van der Waals surface area contributed by atoms with Gasteiger partial charge in [-0.15, -0.1) is 12.6 Å². The number of carbonyl (C=O) groups is 3. The first-order chi connectivity index (χ1) is 18.0. The van der Waals surface area contributed by atoms with Crippen molar-refractivity contribution >= 4 is 36.2 Å². The smallest absolute Gasteiger partial charge is 0.410 e. The van der Waals surface area contributed by atoms with Gasteiger partial charge in [0, 0.05) is 29.7 Å². The molecule has 2 aliphatic rings. The van der Waals surface area contributed by atoms with Gasteiger partial charge in [-0.3, -0.25) is 14.5 Å². The van der Waals surface area contributed by atoms with E-state index in [1.165, 1.54) is 28.0 Å². The van der Waals surface area contributed by atoms with Gasteiger partial charge in [0.2, 0.25) is 11.8 Å². The van der Waals surface area contributed by atoms with Crippen molar-refractivity contribution in [3.05, 3.63) is 59.9 Å². The van der Waals surface area contributed by atoms with Crippen molar-refractivity contribution in [1.29, 1.82) is 0 Å². The highest BCUT2D eigenvalue weighted by Crippen LogP contribution is 2.35. The van der Waals surface area contributed by atoms with Crippen LogP contribution in [-0.4, -0.2) is 47.5 Å². The summed E-state index contributed by atoms with van der Waals surface area (Å²) in [4.78, 5) is 43.8. The van der Waals surface area contributed by atoms with Crippen molar-refractivity contribution in [2.24, 2.45) is 5.92 Å². The number of anilines is 1. The zero-order chi connectivity index (χ0) is 27.4. The molecule has 1 unspecified atom stereocenters. The molecule has 0 spiro atoms. The van der Waals surface area contributed by atoms with Crippen molar-refractivity contribution in [1.82, 2.24) is 10.2 Å². The van der Waals surface area contributed by atoms with Crippen molar-refractivity contribution in [2.75, 3.05) is 18.0 Å². The van der Waals surface area contributed by atoms with E-state index >= 15 is 0 Å². The average molecular weight is 542 g/mol. The first-order valence-corrected chi connectivity index (χ1v) is 13.6. The summed E-state index contributed by atoms with van der Waals surface area (Å²) in [6, 6.07) is 11.8. The fraction of sp³-hybridized carbons (Fsp3) is 0.483. The van der Waals surface area contributed by atoms with E-state index in [2.05, 4.69) is 17.9 Å². The summed E-state index contributed by atoms with van der Waals surface area (Å²) in [6.07, 6.45) is 4.47. The Balaban J connectivity index is 1.67. The van der Waals surface area contributed by atoms with Gasteiger partial charge >= 0.3 is 6.09 Å². The largest absolute Gasteiger partial charge is 0.444 e. The first-order valence-electron chi connectivity index (χ1n) is 13.2. The summed E-state index contributed by atoms with van der Waals surface area (Å²) in [6.45, 7) is 5.65. The number of halogens is 1. The quantitative estimate of drug-likeness (QED) is 0.473. The lowest BCUT2D eigenvalue weighted by Crippen LogP contribution is -2.59. The summed E-state index contributed by atoms with van der Waals surface area (Å²) in [7, 11) is 0. The molecule has 1 aliphatic heterocycles. The van der Waals surface area contributed by atoms with Gasteiger partial charge in [-0.25, -0.2) is 9.18 Å². The molecular weight excluding hydrogens is 505 g/mol. The van der Waals surface area contributed by atoms with Crippen LogP contribution in [0.1, 0.15) is 64.5 Å². The molecule has 0 bridgehead atoms. The van der Waals surface area contributed by atoms with Crippen molar-refractivity contribution in [3.63, 3.8) is 0 Å². The fourth-order valence-electron chi connectivity index (χ4n) is 4.98. The van der Waals surface area contributed by atoms with E-state index in [1.807, 2.05) is 0 Å². The Bertz CT molecular complexity index is 1170. The van der Waals surface area contributed by atoms with Crippen molar-refractivity contribution in [2.45, 2.75) is 75.5 Å². The lowest BCUT2D eigenvalue weighted by molar-refractivity contribution is -0.131. The topological polar surface area (TPSA) is 79.0 Å². The maximum atomic E-state index is 14.4. The van der Waals surface area contributed by atoms with Crippen LogP contribution in [0.3, 0.4) is 0 Å². The van der Waals surface area contributed by atoms with Crippen LogP contribution in [0.15, 0.2) is 53.4 Å². The molecule has 1 saturated heterocycles. The van der Waals surface area contributed by atoms with Crippen LogP contribution in [0.25, 0.3) is 0 Å². The van der Waals surface area contributed by atoms with E-state index in [4.69, 9.17) is 4.74 Å². The molecular formula is C29H36FN3O4S. The van der Waals surface area contributed by atoms with E-state index in [9.17, 15) is 18.8 Å². The molecule has 2 fully saturated rings. The van der Waals surface area contributed by atoms with E-state index in [-0.39, 0.29) is 36.6 Å². The van der Waals surface area contributed by atoms with Crippen LogP contribution in [0.5, 0.6) is 0 Å². The molecule has 1 saturated carbocycles. The Labute approximate surface area is 229 Å². The number of likely N-dealkylation sites (tertiary alicyclic amines) is 1. The minimum atomic E-state index is -1.06. The highest BCUT2D eigenvalue weighted by atomic mass is 32.1. The standard InChI is InChI=1S/C29H36FN3O4S/c1-29(2,3)37-28(36)32-17-19(18-32)27(35)33(22-13-9-10-20(30)16-22)25(23-14-7-8-15-24(23)38)26(34)31-21-11-5-4-6-12-21/h7-10,13-16,19,21,25,38H,4-6,11-12,17-18H2,1-3H3,(H,31,34). The van der Waals surface area contributed by atoms with Crippen molar-refractivity contribution in [3.8, 4) is 0 Å². The number of carbonyl (C=O) groups excluding carboxylic acids is 3. The van der Waals surface area contributed by atoms with Gasteiger partial charge < -0.3 is 15.0 Å². The zero-order valence-electron chi connectivity index (χ0n) is 22.2. The molecule has 4 rings (SSSR count). The molecule has 1 N–H and O–H groups in total. The molecule has 0 radical (unpaired) electrons. The molecule has 7 nitrogen and oxygen atoms in total. The van der Waals surface area contributed by atoms with Crippen LogP contribution in [0.2, 0.25) is 0 Å². The second kappa shape index (κ2) is 11.8. The van der Waals surface area contributed by atoms with Crippen LogP contribution < -0.4 is 10.2 Å². The lowest BCUT2D eigenvalue weighted by atomic mass is 9.93. The highest BCUT2D eigenvalue weighted by molar-refractivity contribution is 7.80. The molecule has 204 valence electrons. The van der Waals surface area contributed by atoms with E-state index in [1.54, 1.807) is 51.1 Å². The normalized spacial score (nSPS) is 17.3. The Morgan fingerprint density at radius 1 is 1.05 bits per heavy atom. The predicted molar refractivity (Wildman–Crippen MR) is 147 cm³/mol. The van der Waals surface area contributed by atoms with Crippen LogP contribution in [0, 0.1) is 11.7 Å². The highest BCUT2D eigenvalue weighted by Gasteiger charge is 2.44. The molecule has 9 heteroatoms. The van der Waals surface area contributed by atoms with Gasteiger partial charge in [-0.2, -0.15) is 0 Å². The molecule has 3 amide bonds. The monoisotopic (exact) mass is 541 g/mol. The fourth-order valence-corrected chi connectivity index (χ4v) is 5.26. The molecule has 1 aliphatic carbocycles. The van der Waals surface area contributed by atoms with Crippen LogP contribution in [-0.2, 0) is 14.3 Å². The number of hydrogen-bond donors (Lipinski definition) is 2. The van der Waals surface area contributed by atoms with Crippen molar-refractivity contribution < 1.29 is 23.5 Å². The number of benzene rings is 2. The number of ether oxygens (including phenoxy) is 1. The maximum absolute atomic E-state index is 14.4. The first kappa shape index (κ1) is 28.0. The molecule has 0 aromatic heterocycles. The molecule has 1 atom stereocenters. The van der Waals surface area contributed by atoms with Gasteiger partial charge in [0.25, 0.3) is 0 Å². The lowest BCUT2D eigenvalue weighted by Gasteiger charge is -2.42. The summed E-state index contributed by atoms with van der Waals surface area (Å²) >= 11 is 4.60. The Kier molecular flexibility index (Phi) is 8.65. The number of thiol groups is 1. The molecule has 38 heavy (non-hydrogen) atoms. The van der Waals surface area contributed by atoms with Gasteiger partial charge in [-0.1, -0.05) is 43.5 Å². The third-order valence-corrected chi connectivity index (χ3v) is 7.30. The average Bonchev–Trinajstić information content (AvgIpc) is 2.81. The number of nitrogens with zero attached hydrogens (tertiary/aromatic N) is 2. The Morgan fingerprint density at radius 3 is 2.37 bits per heavy atom. The molecule has 1 heterocycles. The maximum Gasteiger partial charge on any atom is 0.410 e. The summed E-state index contributed by atoms with van der Waals surface area (Å²) in [5.74, 6) is -1.78. The van der Waals surface area contributed by atoms with Crippen LogP contribution >= 0.6 is 12.6 Å². The number of rotatable bonds is 6. The van der Waals surface area contributed by atoms with Crippen LogP contribution in [0.4, 0.5) is 14.9 Å². The van der Waals surface area contributed by atoms with E-state index in [0.717, 1.165) is 32.1 Å². The van der Waals surface area contributed by atoms with Gasteiger partial charge in [-0.05, 0) is 63.4 Å². The minimum Gasteiger partial charge on any atom is -0.444 e. The van der Waals surface area contributed by atoms with Gasteiger partial charge in [0.05, 0.1) is 5.92 Å². The number of amides is 3. The Morgan fingerprint density at radius 2 is 1.74 bits per heavy atom. The summed E-state index contributed by atoms with van der Waals surface area (Å²) in [5, 5.41) is 3.15. The summed E-state index contributed by atoms with van der Waals surface area (Å²) in [5.41, 5.74) is 0.162. The molecule has 2 aromatic rings. The van der Waals surface area contributed by atoms with Gasteiger partial charge in [0.15, 0.2) is 0 Å². The summed E-state index contributed by atoms with van der Waals surface area (Å²) < 4.78 is 19.8. The number of nitrogens with one attached hydrogen (secondary N) is 1. The second-order valence-electron chi connectivity index (χ2n) is 11.1. The minimum absolute atomic E-state index is 0.0154.